The number of halogens is 1. The van der Waals surface area contributed by atoms with Crippen molar-refractivity contribution in [3.63, 3.8) is 0 Å². The number of nitrogens with zero attached hydrogens (tertiary/aromatic N) is 1. The van der Waals surface area contributed by atoms with Gasteiger partial charge in [0.25, 0.3) is 0 Å². The van der Waals surface area contributed by atoms with Crippen molar-refractivity contribution >= 4 is 5.91 Å². The second kappa shape index (κ2) is 8.86. The van der Waals surface area contributed by atoms with Crippen LogP contribution in [0.5, 0.6) is 0 Å². The molecule has 2 rings (SSSR count). The van der Waals surface area contributed by atoms with Crippen molar-refractivity contribution in [3.8, 4) is 0 Å². The first kappa shape index (κ1) is 16.9. The predicted octanol–water partition coefficient (Wildman–Crippen LogP) is 1.42. The van der Waals surface area contributed by atoms with Crippen LogP contribution < -0.4 is 10.6 Å². The molecule has 1 atom stereocenters. The molecule has 0 aromatic heterocycles. The van der Waals surface area contributed by atoms with Crippen molar-refractivity contribution in [2.75, 3.05) is 39.8 Å². The van der Waals surface area contributed by atoms with Gasteiger partial charge in [0.05, 0.1) is 6.54 Å². The highest BCUT2D eigenvalue weighted by Gasteiger charge is 2.20. The van der Waals surface area contributed by atoms with Crippen LogP contribution in [0.3, 0.4) is 0 Å². The highest BCUT2D eigenvalue weighted by atomic mass is 19.1. The van der Waals surface area contributed by atoms with Gasteiger partial charge in [0, 0.05) is 13.1 Å². The number of carbonyl (C=O) groups is 1. The van der Waals surface area contributed by atoms with Crippen molar-refractivity contribution in [1.82, 2.24) is 15.5 Å². The second-order valence-corrected chi connectivity index (χ2v) is 6.03. The van der Waals surface area contributed by atoms with Gasteiger partial charge in [-0.2, -0.15) is 0 Å². The second-order valence-electron chi connectivity index (χ2n) is 6.03. The molecule has 1 aliphatic rings. The van der Waals surface area contributed by atoms with Gasteiger partial charge in [-0.15, -0.1) is 0 Å². The lowest BCUT2D eigenvalue weighted by molar-refractivity contribution is -0.122. The number of carbonyl (C=O) groups excluding carboxylic acids is 1. The van der Waals surface area contributed by atoms with Crippen LogP contribution in [-0.2, 0) is 11.2 Å². The number of hydrogen-bond donors (Lipinski definition) is 2. The van der Waals surface area contributed by atoms with Crippen LogP contribution >= 0.6 is 0 Å². The normalized spacial score (nSPS) is 19.1. The van der Waals surface area contributed by atoms with Crippen LogP contribution in [-0.4, -0.2) is 50.6 Å². The summed E-state index contributed by atoms with van der Waals surface area (Å²) in [4.78, 5) is 14.2. The summed E-state index contributed by atoms with van der Waals surface area (Å²) in [6.45, 7) is 4.09. The molecule has 2 N–H and O–H groups in total. The molecule has 5 heteroatoms. The fraction of sp³-hybridized carbons (Fsp3) is 0.588. The summed E-state index contributed by atoms with van der Waals surface area (Å²) in [6.07, 6.45) is 3.13. The molecule has 22 heavy (non-hydrogen) atoms. The summed E-state index contributed by atoms with van der Waals surface area (Å²) >= 11 is 0. The van der Waals surface area contributed by atoms with Crippen LogP contribution in [0.4, 0.5) is 4.39 Å². The maximum atomic E-state index is 12.8. The smallest absolute Gasteiger partial charge is 0.234 e. The van der Waals surface area contributed by atoms with Crippen molar-refractivity contribution in [1.29, 1.82) is 0 Å². The molecule has 4 nitrogen and oxygen atoms in total. The molecule has 0 radical (unpaired) electrons. The molecule has 0 aliphatic carbocycles. The fourth-order valence-electron chi connectivity index (χ4n) is 3.01. The molecule has 1 amide bonds. The zero-order chi connectivity index (χ0) is 15.8. The molecule has 1 fully saturated rings. The summed E-state index contributed by atoms with van der Waals surface area (Å²) in [5.74, 6) is 0.493. The van der Waals surface area contributed by atoms with E-state index in [1.807, 2.05) is 7.05 Å². The van der Waals surface area contributed by atoms with Gasteiger partial charge < -0.3 is 10.6 Å². The minimum atomic E-state index is -0.228. The zero-order valence-electron chi connectivity index (χ0n) is 13.3. The predicted molar refractivity (Wildman–Crippen MR) is 86.2 cm³/mol. The van der Waals surface area contributed by atoms with Crippen LogP contribution in [0.25, 0.3) is 0 Å². The molecule has 1 unspecified atom stereocenters. The number of rotatable bonds is 7. The quantitative estimate of drug-likeness (QED) is 0.801. The van der Waals surface area contributed by atoms with E-state index < -0.39 is 0 Å². The van der Waals surface area contributed by atoms with E-state index >= 15 is 0 Å². The highest BCUT2D eigenvalue weighted by molar-refractivity contribution is 5.78. The maximum Gasteiger partial charge on any atom is 0.234 e. The van der Waals surface area contributed by atoms with E-state index in [9.17, 15) is 9.18 Å². The van der Waals surface area contributed by atoms with E-state index in [1.165, 1.54) is 18.6 Å². The summed E-state index contributed by atoms with van der Waals surface area (Å²) in [6, 6.07) is 6.42. The number of hydrogen-bond acceptors (Lipinski definition) is 3. The van der Waals surface area contributed by atoms with Gasteiger partial charge >= 0.3 is 0 Å². The summed E-state index contributed by atoms with van der Waals surface area (Å²) in [5, 5.41) is 6.16. The van der Waals surface area contributed by atoms with Gasteiger partial charge in [-0.3, -0.25) is 9.69 Å². The van der Waals surface area contributed by atoms with E-state index in [0.717, 1.165) is 38.0 Å². The Morgan fingerprint density at radius 3 is 2.86 bits per heavy atom. The Labute approximate surface area is 132 Å². The molecule has 0 saturated carbocycles. The molecular weight excluding hydrogens is 281 g/mol. The first-order valence-electron chi connectivity index (χ1n) is 8.05. The van der Waals surface area contributed by atoms with E-state index in [-0.39, 0.29) is 11.7 Å². The lowest BCUT2D eigenvalue weighted by Crippen LogP contribution is -2.44. The lowest BCUT2D eigenvalue weighted by atomic mass is 9.98. The number of piperidine rings is 1. The standard InChI is InChI=1S/C17H26FN3O/c1-19-11-15-3-2-10-21(12-15)13-17(22)20-9-8-14-4-6-16(18)7-5-14/h4-7,15,19H,2-3,8-13H2,1H3,(H,20,22). The lowest BCUT2D eigenvalue weighted by Gasteiger charge is -2.32. The Morgan fingerprint density at radius 2 is 2.14 bits per heavy atom. The van der Waals surface area contributed by atoms with Crippen molar-refractivity contribution in [2.45, 2.75) is 19.3 Å². The Hall–Kier alpha value is -1.46. The van der Waals surface area contributed by atoms with Gasteiger partial charge in [-0.1, -0.05) is 12.1 Å². The van der Waals surface area contributed by atoms with Gasteiger partial charge in [0.2, 0.25) is 5.91 Å². The SMILES string of the molecule is CNCC1CCCN(CC(=O)NCCc2ccc(F)cc2)C1. The van der Waals surface area contributed by atoms with E-state index in [0.29, 0.717) is 19.0 Å². The van der Waals surface area contributed by atoms with Crippen LogP contribution in [0, 0.1) is 11.7 Å². The molecule has 1 saturated heterocycles. The van der Waals surface area contributed by atoms with E-state index in [4.69, 9.17) is 0 Å². The Bertz CT molecular complexity index is 461. The highest BCUT2D eigenvalue weighted by Crippen LogP contribution is 2.15. The largest absolute Gasteiger partial charge is 0.355 e. The van der Waals surface area contributed by atoms with Gasteiger partial charge in [-0.25, -0.2) is 4.39 Å². The number of likely N-dealkylation sites (tertiary alicyclic amines) is 1. The van der Waals surface area contributed by atoms with Crippen LogP contribution in [0.15, 0.2) is 24.3 Å². The fourth-order valence-corrected chi connectivity index (χ4v) is 3.01. The van der Waals surface area contributed by atoms with E-state index in [1.54, 1.807) is 12.1 Å². The third kappa shape index (κ3) is 5.73. The molecule has 122 valence electrons. The van der Waals surface area contributed by atoms with Gasteiger partial charge in [-0.05, 0) is 63.0 Å². The molecular formula is C17H26FN3O. The molecule has 1 aromatic carbocycles. The Kier molecular flexibility index (Phi) is 6.80. The maximum absolute atomic E-state index is 12.8. The summed E-state index contributed by atoms with van der Waals surface area (Å²) in [7, 11) is 1.97. The number of nitrogens with one attached hydrogen (secondary N) is 2. The number of benzene rings is 1. The average molecular weight is 307 g/mol. The topological polar surface area (TPSA) is 44.4 Å². The zero-order valence-corrected chi connectivity index (χ0v) is 13.3. The first-order chi connectivity index (χ1) is 10.7. The Morgan fingerprint density at radius 1 is 1.36 bits per heavy atom. The molecule has 0 bridgehead atoms. The van der Waals surface area contributed by atoms with Crippen molar-refractivity contribution < 1.29 is 9.18 Å². The third-order valence-corrected chi connectivity index (χ3v) is 4.11. The minimum Gasteiger partial charge on any atom is -0.355 e. The summed E-state index contributed by atoms with van der Waals surface area (Å²) < 4.78 is 12.8. The molecule has 1 heterocycles. The third-order valence-electron chi connectivity index (χ3n) is 4.11. The van der Waals surface area contributed by atoms with Crippen LogP contribution in [0.2, 0.25) is 0 Å². The Balaban J connectivity index is 1.66. The van der Waals surface area contributed by atoms with Gasteiger partial charge in [0.15, 0.2) is 0 Å². The first-order valence-corrected chi connectivity index (χ1v) is 8.05. The van der Waals surface area contributed by atoms with E-state index in [2.05, 4.69) is 15.5 Å². The summed E-state index contributed by atoms with van der Waals surface area (Å²) in [5.41, 5.74) is 1.04. The van der Waals surface area contributed by atoms with Crippen molar-refractivity contribution in [2.24, 2.45) is 5.92 Å². The number of amides is 1. The average Bonchev–Trinajstić information content (AvgIpc) is 2.50. The minimum absolute atomic E-state index is 0.0761. The van der Waals surface area contributed by atoms with Gasteiger partial charge in [0.1, 0.15) is 5.82 Å². The molecule has 1 aromatic rings. The van der Waals surface area contributed by atoms with Crippen molar-refractivity contribution in [3.05, 3.63) is 35.6 Å². The monoisotopic (exact) mass is 307 g/mol. The molecule has 1 aliphatic heterocycles. The molecule has 0 spiro atoms. The van der Waals surface area contributed by atoms with Crippen LogP contribution in [0.1, 0.15) is 18.4 Å².